The van der Waals surface area contributed by atoms with Gasteiger partial charge in [-0.1, -0.05) is 35.5 Å². The van der Waals surface area contributed by atoms with E-state index in [1.165, 1.54) is 0 Å². The van der Waals surface area contributed by atoms with E-state index in [1.54, 1.807) is 25.4 Å². The highest BCUT2D eigenvalue weighted by Gasteiger charge is 2.10. The Bertz CT molecular complexity index is 1160. The zero-order chi connectivity index (χ0) is 22.9. The molecule has 0 bridgehead atoms. The molecule has 0 saturated heterocycles. The molecule has 0 saturated carbocycles. The van der Waals surface area contributed by atoms with Gasteiger partial charge in [-0.2, -0.15) is 4.98 Å². The Hall–Kier alpha value is -4.20. The molecule has 8 heteroatoms. The normalized spacial score (nSPS) is 10.6. The summed E-state index contributed by atoms with van der Waals surface area (Å²) in [5.41, 5.74) is 2.52. The lowest BCUT2D eigenvalue weighted by molar-refractivity contribution is -0.116. The van der Waals surface area contributed by atoms with Crippen LogP contribution in [-0.2, 0) is 17.8 Å². The topological polar surface area (TPSA) is 99.4 Å². The molecule has 4 aromatic rings. The Balaban J connectivity index is 1.20. The van der Waals surface area contributed by atoms with E-state index in [1.807, 2.05) is 54.6 Å². The van der Waals surface area contributed by atoms with Gasteiger partial charge in [0.25, 0.3) is 0 Å². The lowest BCUT2D eigenvalue weighted by Gasteiger charge is -2.07. The summed E-state index contributed by atoms with van der Waals surface area (Å²) >= 11 is 0. The van der Waals surface area contributed by atoms with E-state index in [2.05, 4.69) is 20.4 Å². The average Bonchev–Trinajstić information content (AvgIpc) is 3.33. The number of hydrogen-bond donors (Lipinski definition) is 1. The predicted molar refractivity (Wildman–Crippen MR) is 123 cm³/mol. The summed E-state index contributed by atoms with van der Waals surface area (Å²) in [6.45, 7) is 0.440. The highest BCUT2D eigenvalue weighted by Crippen LogP contribution is 2.20. The van der Waals surface area contributed by atoms with Gasteiger partial charge in [-0.15, -0.1) is 0 Å². The maximum absolute atomic E-state index is 12.2. The zero-order valence-corrected chi connectivity index (χ0v) is 18.2. The number of methoxy groups -OCH3 is 1. The Kier molecular flexibility index (Phi) is 7.27. The van der Waals surface area contributed by atoms with Gasteiger partial charge in [0.2, 0.25) is 23.5 Å². The Morgan fingerprint density at radius 1 is 1.03 bits per heavy atom. The lowest BCUT2D eigenvalue weighted by atomic mass is 10.2. The van der Waals surface area contributed by atoms with Crippen LogP contribution in [0.4, 0.5) is 5.69 Å². The maximum Gasteiger partial charge on any atom is 0.226 e. The van der Waals surface area contributed by atoms with Gasteiger partial charge in [0.15, 0.2) is 0 Å². The van der Waals surface area contributed by atoms with Crippen LogP contribution in [-0.4, -0.2) is 28.1 Å². The van der Waals surface area contributed by atoms with Crippen molar-refractivity contribution in [2.75, 3.05) is 12.4 Å². The molecule has 0 unspecified atom stereocenters. The van der Waals surface area contributed by atoms with Crippen LogP contribution in [0.25, 0.3) is 11.4 Å². The van der Waals surface area contributed by atoms with E-state index in [0.717, 1.165) is 16.9 Å². The molecule has 0 spiro atoms. The highest BCUT2D eigenvalue weighted by molar-refractivity contribution is 5.90. The van der Waals surface area contributed by atoms with Gasteiger partial charge in [-0.25, -0.2) is 4.98 Å². The van der Waals surface area contributed by atoms with Crippen LogP contribution >= 0.6 is 0 Å². The molecule has 1 N–H and O–H groups in total. The van der Waals surface area contributed by atoms with Gasteiger partial charge in [0, 0.05) is 24.5 Å². The molecule has 2 heterocycles. The molecule has 33 heavy (non-hydrogen) atoms. The Labute approximate surface area is 191 Å². The number of aryl methyl sites for hydroxylation is 1. The summed E-state index contributed by atoms with van der Waals surface area (Å²) in [6.07, 6.45) is 3.01. The number of carbonyl (C=O) groups excluding carboxylic acids is 1. The number of aromatic nitrogens is 3. The number of rotatable bonds is 10. The molecule has 4 rings (SSSR count). The standard InChI is InChI=1S/C25H24N4O4/c1-31-21-13-10-19(11-14-21)25-28-24(33-29-25)9-5-8-22(30)27-20-12-15-23(26-16-20)32-17-18-6-3-2-4-7-18/h2-4,6-7,10-16H,5,8-9,17H2,1H3,(H,27,30). The molecule has 0 aliphatic rings. The molecule has 1 amide bonds. The van der Waals surface area contributed by atoms with E-state index in [9.17, 15) is 4.79 Å². The van der Waals surface area contributed by atoms with Crippen LogP contribution in [0.15, 0.2) is 77.4 Å². The summed E-state index contributed by atoms with van der Waals surface area (Å²) in [4.78, 5) is 20.9. The van der Waals surface area contributed by atoms with Crippen molar-refractivity contribution in [3.63, 3.8) is 0 Å². The second kappa shape index (κ2) is 10.9. The van der Waals surface area contributed by atoms with Crippen molar-refractivity contribution in [1.82, 2.24) is 15.1 Å². The van der Waals surface area contributed by atoms with E-state index in [-0.39, 0.29) is 5.91 Å². The summed E-state index contributed by atoms with van der Waals surface area (Å²) in [7, 11) is 1.62. The second-order valence-electron chi connectivity index (χ2n) is 7.30. The minimum absolute atomic E-state index is 0.107. The van der Waals surface area contributed by atoms with Crippen molar-refractivity contribution < 1.29 is 18.8 Å². The number of ether oxygens (including phenoxy) is 2. The third kappa shape index (κ3) is 6.39. The van der Waals surface area contributed by atoms with Crippen LogP contribution in [0.2, 0.25) is 0 Å². The van der Waals surface area contributed by atoms with Gasteiger partial charge in [-0.3, -0.25) is 4.79 Å². The smallest absolute Gasteiger partial charge is 0.226 e. The molecular weight excluding hydrogens is 420 g/mol. The van der Waals surface area contributed by atoms with Crippen molar-refractivity contribution >= 4 is 11.6 Å². The van der Waals surface area contributed by atoms with Crippen LogP contribution in [0.5, 0.6) is 11.6 Å². The van der Waals surface area contributed by atoms with Gasteiger partial charge in [-0.05, 0) is 42.3 Å². The molecule has 168 valence electrons. The van der Waals surface area contributed by atoms with Crippen molar-refractivity contribution in [3.8, 4) is 23.0 Å². The molecule has 0 radical (unpaired) electrons. The first-order valence-corrected chi connectivity index (χ1v) is 10.6. The fraction of sp³-hybridized carbons (Fsp3) is 0.200. The Morgan fingerprint density at radius 3 is 2.58 bits per heavy atom. The largest absolute Gasteiger partial charge is 0.497 e. The van der Waals surface area contributed by atoms with Crippen LogP contribution < -0.4 is 14.8 Å². The number of anilines is 1. The molecule has 0 atom stereocenters. The third-order valence-corrected chi connectivity index (χ3v) is 4.86. The van der Waals surface area contributed by atoms with Gasteiger partial charge < -0.3 is 19.3 Å². The van der Waals surface area contributed by atoms with Gasteiger partial charge >= 0.3 is 0 Å². The van der Waals surface area contributed by atoms with Crippen molar-refractivity contribution in [2.45, 2.75) is 25.9 Å². The third-order valence-electron chi connectivity index (χ3n) is 4.86. The number of pyridine rings is 1. The summed E-state index contributed by atoms with van der Waals surface area (Å²) in [6, 6.07) is 20.8. The number of nitrogens with zero attached hydrogens (tertiary/aromatic N) is 3. The minimum Gasteiger partial charge on any atom is -0.497 e. The van der Waals surface area contributed by atoms with Gasteiger partial charge in [0.05, 0.1) is 19.0 Å². The quantitative estimate of drug-likeness (QED) is 0.379. The number of carbonyl (C=O) groups is 1. The van der Waals surface area contributed by atoms with E-state index >= 15 is 0 Å². The van der Waals surface area contributed by atoms with E-state index in [0.29, 0.717) is 49.2 Å². The second-order valence-corrected chi connectivity index (χ2v) is 7.30. The fourth-order valence-electron chi connectivity index (χ4n) is 3.11. The van der Waals surface area contributed by atoms with Crippen molar-refractivity contribution in [3.05, 3.63) is 84.4 Å². The van der Waals surface area contributed by atoms with Crippen molar-refractivity contribution in [2.24, 2.45) is 0 Å². The van der Waals surface area contributed by atoms with Crippen molar-refractivity contribution in [1.29, 1.82) is 0 Å². The monoisotopic (exact) mass is 444 g/mol. The minimum atomic E-state index is -0.107. The molecular formula is C25H24N4O4. The molecule has 2 aromatic carbocycles. The SMILES string of the molecule is COc1ccc(-c2noc(CCCC(=O)Nc3ccc(OCc4ccccc4)nc3)n2)cc1. The summed E-state index contributed by atoms with van der Waals surface area (Å²) in [5.74, 6) is 2.16. The molecule has 0 aliphatic carbocycles. The number of benzene rings is 2. The highest BCUT2D eigenvalue weighted by atomic mass is 16.5. The van der Waals surface area contributed by atoms with Gasteiger partial charge in [0.1, 0.15) is 12.4 Å². The average molecular weight is 444 g/mol. The predicted octanol–water partition coefficient (Wildman–Crippen LogP) is 4.68. The van der Waals surface area contributed by atoms with Crippen LogP contribution in [0.3, 0.4) is 0 Å². The first kappa shape index (κ1) is 22.0. The van der Waals surface area contributed by atoms with E-state index in [4.69, 9.17) is 14.0 Å². The molecule has 0 aliphatic heterocycles. The number of amides is 1. The zero-order valence-electron chi connectivity index (χ0n) is 18.2. The summed E-state index contributed by atoms with van der Waals surface area (Å²) < 4.78 is 16.1. The molecule has 0 fully saturated rings. The molecule has 8 nitrogen and oxygen atoms in total. The number of hydrogen-bond acceptors (Lipinski definition) is 7. The first-order chi connectivity index (χ1) is 16.2. The van der Waals surface area contributed by atoms with Crippen LogP contribution in [0, 0.1) is 0 Å². The fourth-order valence-corrected chi connectivity index (χ4v) is 3.11. The van der Waals surface area contributed by atoms with E-state index < -0.39 is 0 Å². The number of nitrogens with one attached hydrogen (secondary N) is 1. The molecule has 2 aromatic heterocycles. The maximum atomic E-state index is 12.2. The summed E-state index contributed by atoms with van der Waals surface area (Å²) in [5, 5.41) is 6.84. The van der Waals surface area contributed by atoms with Crippen LogP contribution in [0.1, 0.15) is 24.3 Å². The lowest BCUT2D eigenvalue weighted by Crippen LogP contribution is -2.11. The first-order valence-electron chi connectivity index (χ1n) is 10.6. The Morgan fingerprint density at radius 2 is 1.85 bits per heavy atom.